The van der Waals surface area contributed by atoms with Crippen molar-refractivity contribution >= 4 is 11.9 Å². The van der Waals surface area contributed by atoms with Gasteiger partial charge in [0.15, 0.2) is 0 Å². The highest BCUT2D eigenvalue weighted by Crippen LogP contribution is 2.21. The van der Waals surface area contributed by atoms with Crippen LogP contribution in [-0.2, 0) is 17.6 Å². The lowest BCUT2D eigenvalue weighted by atomic mass is 9.88. The van der Waals surface area contributed by atoms with Crippen LogP contribution in [0.25, 0.3) is 0 Å². The van der Waals surface area contributed by atoms with Crippen molar-refractivity contribution in [1.82, 2.24) is 10.3 Å². The fourth-order valence-electron chi connectivity index (χ4n) is 3.19. The van der Waals surface area contributed by atoms with Crippen LogP contribution in [-0.4, -0.2) is 29.5 Å². The molecule has 0 saturated heterocycles. The van der Waals surface area contributed by atoms with Crippen molar-refractivity contribution in [2.75, 3.05) is 6.61 Å². The van der Waals surface area contributed by atoms with Crippen LogP contribution in [0.4, 0.5) is 0 Å². The zero-order valence-corrected chi connectivity index (χ0v) is 14.5. The Bertz CT molecular complexity index is 801. The first kappa shape index (κ1) is 17.1. The number of fused-ring (bicyclic) bond motifs is 1. The molecule has 130 valence electrons. The zero-order valence-electron chi connectivity index (χ0n) is 14.5. The lowest BCUT2D eigenvalue weighted by Gasteiger charge is -2.25. The second-order valence-corrected chi connectivity index (χ2v) is 6.23. The van der Waals surface area contributed by atoms with Gasteiger partial charge in [-0.15, -0.1) is 0 Å². The van der Waals surface area contributed by atoms with E-state index in [4.69, 9.17) is 4.74 Å². The summed E-state index contributed by atoms with van der Waals surface area (Å²) < 4.78 is 4.98. The van der Waals surface area contributed by atoms with Gasteiger partial charge in [-0.1, -0.05) is 24.3 Å². The first-order valence-corrected chi connectivity index (χ1v) is 8.61. The first-order valence-electron chi connectivity index (χ1n) is 8.61. The molecule has 1 aromatic carbocycles. The molecule has 0 fully saturated rings. The normalized spacial score (nSPS) is 16.0. The summed E-state index contributed by atoms with van der Waals surface area (Å²) in [5.41, 5.74) is 3.87. The Morgan fingerprint density at radius 2 is 1.96 bits per heavy atom. The van der Waals surface area contributed by atoms with E-state index in [-0.39, 0.29) is 11.9 Å². The van der Waals surface area contributed by atoms with Crippen LogP contribution >= 0.6 is 0 Å². The number of carbonyl (C=O) groups is 2. The molecule has 0 aliphatic heterocycles. The second-order valence-electron chi connectivity index (χ2n) is 6.23. The van der Waals surface area contributed by atoms with E-state index < -0.39 is 5.97 Å². The maximum atomic E-state index is 12.5. The van der Waals surface area contributed by atoms with Gasteiger partial charge in [0, 0.05) is 6.04 Å². The number of esters is 1. The van der Waals surface area contributed by atoms with Crippen LogP contribution in [0.3, 0.4) is 0 Å². The summed E-state index contributed by atoms with van der Waals surface area (Å²) in [7, 11) is 0. The molecule has 1 aliphatic rings. The van der Waals surface area contributed by atoms with E-state index in [9.17, 15) is 9.59 Å². The summed E-state index contributed by atoms with van der Waals surface area (Å²) in [4.78, 5) is 28.6. The summed E-state index contributed by atoms with van der Waals surface area (Å²) in [6, 6.07) is 11.6. The molecule has 1 heterocycles. The summed E-state index contributed by atoms with van der Waals surface area (Å²) >= 11 is 0. The Balaban J connectivity index is 1.68. The Morgan fingerprint density at radius 3 is 2.68 bits per heavy atom. The fourth-order valence-corrected chi connectivity index (χ4v) is 3.19. The number of carbonyl (C=O) groups excluding carboxylic acids is 2. The number of pyridine rings is 1. The van der Waals surface area contributed by atoms with Crippen molar-refractivity contribution in [2.45, 2.75) is 39.2 Å². The highest BCUT2D eigenvalue weighted by molar-refractivity contribution is 5.95. The Kier molecular flexibility index (Phi) is 5.12. The van der Waals surface area contributed by atoms with Gasteiger partial charge in [0.2, 0.25) is 0 Å². The maximum absolute atomic E-state index is 12.5. The molecule has 0 spiro atoms. The van der Waals surface area contributed by atoms with Crippen LogP contribution in [0.2, 0.25) is 0 Å². The molecule has 1 atom stereocenters. The van der Waals surface area contributed by atoms with E-state index in [1.807, 2.05) is 6.07 Å². The van der Waals surface area contributed by atoms with Crippen LogP contribution in [0, 0.1) is 6.92 Å². The summed E-state index contributed by atoms with van der Waals surface area (Å²) in [5.74, 6) is -0.619. The lowest BCUT2D eigenvalue weighted by molar-refractivity contribution is 0.0524. The van der Waals surface area contributed by atoms with Crippen molar-refractivity contribution in [3.63, 3.8) is 0 Å². The smallest absolute Gasteiger partial charge is 0.339 e. The lowest BCUT2D eigenvalue weighted by Crippen LogP contribution is -2.39. The van der Waals surface area contributed by atoms with Crippen molar-refractivity contribution < 1.29 is 14.3 Å². The molecular formula is C20H22N2O3. The van der Waals surface area contributed by atoms with Gasteiger partial charge in [-0.2, -0.15) is 0 Å². The number of hydrogen-bond acceptors (Lipinski definition) is 4. The molecule has 1 N–H and O–H groups in total. The Hall–Kier alpha value is -2.69. The minimum absolute atomic E-state index is 0.106. The molecule has 25 heavy (non-hydrogen) atoms. The molecule has 0 bridgehead atoms. The Labute approximate surface area is 147 Å². The van der Waals surface area contributed by atoms with Crippen LogP contribution in [0.1, 0.15) is 51.0 Å². The third-order valence-corrected chi connectivity index (χ3v) is 4.50. The van der Waals surface area contributed by atoms with E-state index in [1.165, 1.54) is 11.1 Å². The number of rotatable bonds is 4. The minimum Gasteiger partial charge on any atom is -0.462 e. The molecule has 5 heteroatoms. The maximum Gasteiger partial charge on any atom is 0.339 e. The third-order valence-electron chi connectivity index (χ3n) is 4.50. The molecule has 0 radical (unpaired) electrons. The third kappa shape index (κ3) is 3.87. The number of nitrogens with one attached hydrogen (secondary N) is 1. The van der Waals surface area contributed by atoms with Gasteiger partial charge in [0.1, 0.15) is 5.69 Å². The van der Waals surface area contributed by atoms with Crippen LogP contribution < -0.4 is 5.32 Å². The van der Waals surface area contributed by atoms with Crippen molar-refractivity contribution in [3.05, 3.63) is 64.5 Å². The largest absolute Gasteiger partial charge is 0.462 e. The monoisotopic (exact) mass is 338 g/mol. The van der Waals surface area contributed by atoms with Gasteiger partial charge < -0.3 is 10.1 Å². The number of aryl methyl sites for hydroxylation is 2. The van der Waals surface area contributed by atoms with Crippen LogP contribution in [0.15, 0.2) is 36.4 Å². The highest BCUT2D eigenvalue weighted by atomic mass is 16.5. The number of nitrogens with zero attached hydrogens (tertiary/aromatic N) is 1. The van der Waals surface area contributed by atoms with E-state index in [0.29, 0.717) is 23.6 Å². The Morgan fingerprint density at radius 1 is 1.20 bits per heavy atom. The van der Waals surface area contributed by atoms with Gasteiger partial charge in [0.05, 0.1) is 17.9 Å². The van der Waals surface area contributed by atoms with E-state index in [2.05, 4.69) is 28.5 Å². The minimum atomic E-state index is -0.414. The van der Waals surface area contributed by atoms with E-state index in [1.54, 1.807) is 26.0 Å². The van der Waals surface area contributed by atoms with Gasteiger partial charge in [-0.3, -0.25) is 4.79 Å². The summed E-state index contributed by atoms with van der Waals surface area (Å²) in [6.45, 7) is 3.77. The first-order chi connectivity index (χ1) is 12.1. The number of ether oxygens (including phenoxy) is 1. The molecule has 1 unspecified atom stereocenters. The van der Waals surface area contributed by atoms with Crippen LogP contribution in [0.5, 0.6) is 0 Å². The predicted molar refractivity (Wildman–Crippen MR) is 94.7 cm³/mol. The van der Waals surface area contributed by atoms with Gasteiger partial charge in [0.25, 0.3) is 5.91 Å². The molecule has 3 rings (SSSR count). The molecular weight excluding hydrogens is 316 g/mol. The summed E-state index contributed by atoms with van der Waals surface area (Å²) in [6.07, 6.45) is 2.72. The zero-order chi connectivity index (χ0) is 17.8. The number of benzene rings is 1. The SMILES string of the molecule is CCOC(=O)c1ccc(C(=O)NC2CCc3ccccc3C2)nc1C. The quantitative estimate of drug-likeness (QED) is 0.871. The van der Waals surface area contributed by atoms with Crippen molar-refractivity contribution in [1.29, 1.82) is 0 Å². The van der Waals surface area contributed by atoms with Gasteiger partial charge in [-0.25, -0.2) is 9.78 Å². The average Bonchev–Trinajstić information content (AvgIpc) is 2.61. The van der Waals surface area contributed by atoms with Crippen molar-refractivity contribution in [2.24, 2.45) is 0 Å². The van der Waals surface area contributed by atoms with E-state index in [0.717, 1.165) is 19.3 Å². The summed E-state index contributed by atoms with van der Waals surface area (Å²) in [5, 5.41) is 3.06. The number of hydrogen-bond donors (Lipinski definition) is 1. The standard InChI is InChI=1S/C20H22N2O3/c1-3-25-20(24)17-10-11-18(21-13(17)2)19(23)22-16-9-8-14-6-4-5-7-15(14)12-16/h4-7,10-11,16H,3,8-9,12H2,1-2H3,(H,22,23). The average molecular weight is 338 g/mol. The molecule has 1 aromatic heterocycles. The molecule has 5 nitrogen and oxygen atoms in total. The predicted octanol–water partition coefficient (Wildman–Crippen LogP) is 2.85. The molecule has 1 aliphatic carbocycles. The molecule has 1 amide bonds. The van der Waals surface area contributed by atoms with E-state index >= 15 is 0 Å². The highest BCUT2D eigenvalue weighted by Gasteiger charge is 2.21. The second kappa shape index (κ2) is 7.47. The number of amides is 1. The molecule has 0 saturated carbocycles. The fraction of sp³-hybridized carbons (Fsp3) is 0.350. The topological polar surface area (TPSA) is 68.3 Å². The van der Waals surface area contributed by atoms with Gasteiger partial charge in [-0.05, 0) is 56.4 Å². The van der Waals surface area contributed by atoms with Gasteiger partial charge >= 0.3 is 5.97 Å². The number of aromatic nitrogens is 1. The molecule has 2 aromatic rings. The van der Waals surface area contributed by atoms with Crippen molar-refractivity contribution in [3.8, 4) is 0 Å².